The van der Waals surface area contributed by atoms with Crippen molar-refractivity contribution in [1.82, 2.24) is 4.90 Å². The molecule has 0 unspecified atom stereocenters. The van der Waals surface area contributed by atoms with E-state index in [4.69, 9.17) is 9.47 Å². The highest BCUT2D eigenvalue weighted by Gasteiger charge is 2.37. The summed E-state index contributed by atoms with van der Waals surface area (Å²) in [5.41, 5.74) is -0.561. The van der Waals surface area contributed by atoms with Crippen molar-refractivity contribution in [3.05, 3.63) is 29.8 Å². The largest absolute Gasteiger partial charge is 0.490 e. The fraction of sp³-hybridized carbons (Fsp3) is 0.700. The summed E-state index contributed by atoms with van der Waals surface area (Å²) in [4.78, 5) is 2.14. The molecule has 1 saturated heterocycles. The van der Waals surface area contributed by atoms with E-state index < -0.39 is 11.2 Å². The average molecular weight is 349 g/mol. The standard InChI is InChI=1S/C20H31NO4/c1-17-6-5-7-18(12-17)25-16-20(23)14-21(10-11-24-15-20)13-19(22)8-3-2-4-9-19/h5-7,12,22-23H,2-4,8-11,13-16H2,1H3/t20-/m0/s1. The molecule has 140 valence electrons. The number of rotatable bonds is 5. The number of nitrogens with zero attached hydrogens (tertiary/aromatic N) is 1. The van der Waals surface area contributed by atoms with E-state index in [0.717, 1.165) is 43.5 Å². The minimum Gasteiger partial charge on any atom is -0.490 e. The van der Waals surface area contributed by atoms with Gasteiger partial charge in [-0.05, 0) is 37.5 Å². The molecule has 1 aromatic carbocycles. The van der Waals surface area contributed by atoms with E-state index in [2.05, 4.69) is 4.90 Å². The van der Waals surface area contributed by atoms with Crippen LogP contribution in [-0.2, 0) is 4.74 Å². The lowest BCUT2D eigenvalue weighted by Gasteiger charge is -2.38. The SMILES string of the molecule is Cc1cccc(OC[C@@]2(O)COCCN(CC3(O)CCCCC3)C2)c1. The summed E-state index contributed by atoms with van der Waals surface area (Å²) < 4.78 is 11.5. The number of ether oxygens (including phenoxy) is 2. The van der Waals surface area contributed by atoms with Crippen LogP contribution in [0.1, 0.15) is 37.7 Å². The zero-order chi connectivity index (χ0) is 17.8. The summed E-state index contributed by atoms with van der Waals surface area (Å²) in [7, 11) is 0. The first-order chi connectivity index (χ1) is 12.0. The van der Waals surface area contributed by atoms with Crippen molar-refractivity contribution in [1.29, 1.82) is 0 Å². The number of aliphatic hydroxyl groups is 2. The number of hydrogen-bond acceptors (Lipinski definition) is 5. The Morgan fingerprint density at radius 1 is 1.16 bits per heavy atom. The summed E-state index contributed by atoms with van der Waals surface area (Å²) in [6, 6.07) is 7.83. The molecular formula is C20H31NO4. The van der Waals surface area contributed by atoms with Crippen LogP contribution in [0.3, 0.4) is 0 Å². The van der Waals surface area contributed by atoms with Crippen molar-refractivity contribution in [3.8, 4) is 5.75 Å². The van der Waals surface area contributed by atoms with Gasteiger partial charge in [0.15, 0.2) is 0 Å². The minimum absolute atomic E-state index is 0.186. The van der Waals surface area contributed by atoms with Crippen molar-refractivity contribution < 1.29 is 19.7 Å². The van der Waals surface area contributed by atoms with Crippen molar-refractivity contribution in [3.63, 3.8) is 0 Å². The van der Waals surface area contributed by atoms with Crippen LogP contribution in [0.2, 0.25) is 0 Å². The summed E-state index contributed by atoms with van der Waals surface area (Å²) in [5.74, 6) is 0.759. The first kappa shape index (κ1) is 18.6. The third-order valence-corrected chi connectivity index (χ3v) is 5.24. The Morgan fingerprint density at radius 3 is 2.72 bits per heavy atom. The van der Waals surface area contributed by atoms with E-state index in [1.807, 2.05) is 31.2 Å². The van der Waals surface area contributed by atoms with Gasteiger partial charge in [-0.15, -0.1) is 0 Å². The normalized spacial score (nSPS) is 27.6. The number of aryl methyl sites for hydroxylation is 1. The fourth-order valence-corrected chi connectivity index (χ4v) is 3.93. The predicted molar refractivity (Wildman–Crippen MR) is 96.9 cm³/mol. The van der Waals surface area contributed by atoms with Gasteiger partial charge in [0.1, 0.15) is 18.0 Å². The lowest BCUT2D eigenvalue weighted by Crippen LogP contribution is -2.53. The first-order valence-electron chi connectivity index (χ1n) is 9.41. The molecule has 1 saturated carbocycles. The summed E-state index contributed by atoms with van der Waals surface area (Å²) in [6.07, 6.45) is 5.08. The van der Waals surface area contributed by atoms with Gasteiger partial charge < -0.3 is 19.7 Å². The second kappa shape index (κ2) is 8.04. The minimum atomic E-state index is -1.06. The molecule has 1 aliphatic carbocycles. The zero-order valence-electron chi connectivity index (χ0n) is 15.2. The van der Waals surface area contributed by atoms with Gasteiger partial charge in [-0.2, -0.15) is 0 Å². The van der Waals surface area contributed by atoms with E-state index >= 15 is 0 Å². The molecule has 0 aromatic heterocycles. The van der Waals surface area contributed by atoms with E-state index in [1.54, 1.807) is 0 Å². The Kier molecular flexibility index (Phi) is 6.00. The van der Waals surface area contributed by atoms with Crippen LogP contribution < -0.4 is 4.74 Å². The molecule has 0 spiro atoms. The zero-order valence-corrected chi connectivity index (χ0v) is 15.2. The van der Waals surface area contributed by atoms with E-state index in [1.165, 1.54) is 6.42 Å². The molecule has 5 nitrogen and oxygen atoms in total. The highest BCUT2D eigenvalue weighted by molar-refractivity contribution is 5.27. The van der Waals surface area contributed by atoms with Crippen LogP contribution >= 0.6 is 0 Å². The van der Waals surface area contributed by atoms with Gasteiger partial charge in [-0.1, -0.05) is 31.4 Å². The molecule has 3 rings (SSSR count). The molecule has 0 radical (unpaired) electrons. The van der Waals surface area contributed by atoms with Crippen molar-refractivity contribution >= 4 is 0 Å². The van der Waals surface area contributed by atoms with Gasteiger partial charge in [-0.3, -0.25) is 4.90 Å². The summed E-state index contributed by atoms with van der Waals surface area (Å²) in [6.45, 7) is 4.82. The lowest BCUT2D eigenvalue weighted by atomic mass is 9.84. The van der Waals surface area contributed by atoms with Crippen molar-refractivity contribution in [2.24, 2.45) is 0 Å². The van der Waals surface area contributed by atoms with Gasteiger partial charge in [-0.25, -0.2) is 0 Å². The third-order valence-electron chi connectivity index (χ3n) is 5.24. The molecule has 0 bridgehead atoms. The lowest BCUT2D eigenvalue weighted by molar-refractivity contribution is -0.0759. The molecule has 2 aliphatic rings. The topological polar surface area (TPSA) is 62.2 Å². The molecule has 1 aliphatic heterocycles. The summed E-state index contributed by atoms with van der Waals surface area (Å²) in [5, 5.41) is 21.8. The molecular weight excluding hydrogens is 318 g/mol. The van der Waals surface area contributed by atoms with E-state index in [0.29, 0.717) is 19.7 Å². The fourth-order valence-electron chi connectivity index (χ4n) is 3.93. The maximum Gasteiger partial charge on any atom is 0.134 e. The van der Waals surface area contributed by atoms with Crippen LogP contribution in [0.4, 0.5) is 0 Å². The quantitative estimate of drug-likeness (QED) is 0.853. The Morgan fingerprint density at radius 2 is 1.96 bits per heavy atom. The number of hydrogen-bond donors (Lipinski definition) is 2. The van der Waals surface area contributed by atoms with Gasteiger partial charge in [0.05, 0.1) is 18.8 Å². The second-order valence-electron chi connectivity index (χ2n) is 7.88. The first-order valence-corrected chi connectivity index (χ1v) is 9.41. The molecule has 25 heavy (non-hydrogen) atoms. The molecule has 5 heteroatoms. The Bertz CT molecular complexity index is 558. The number of benzene rings is 1. The second-order valence-corrected chi connectivity index (χ2v) is 7.88. The maximum atomic E-state index is 11.0. The monoisotopic (exact) mass is 349 g/mol. The highest BCUT2D eigenvalue weighted by atomic mass is 16.5. The Hall–Kier alpha value is -1.14. The van der Waals surface area contributed by atoms with Crippen LogP contribution in [-0.4, -0.2) is 65.8 Å². The van der Waals surface area contributed by atoms with Crippen molar-refractivity contribution in [2.45, 2.75) is 50.2 Å². The smallest absolute Gasteiger partial charge is 0.134 e. The summed E-state index contributed by atoms with van der Waals surface area (Å²) >= 11 is 0. The number of β-amino-alcohol motifs (C(OH)–C–C–N with tert-alkyl or cyclic N) is 2. The Balaban J connectivity index is 1.59. The van der Waals surface area contributed by atoms with Gasteiger partial charge in [0.25, 0.3) is 0 Å². The van der Waals surface area contributed by atoms with Gasteiger partial charge >= 0.3 is 0 Å². The highest BCUT2D eigenvalue weighted by Crippen LogP contribution is 2.29. The molecule has 1 aromatic rings. The maximum absolute atomic E-state index is 11.0. The van der Waals surface area contributed by atoms with Crippen molar-refractivity contribution in [2.75, 3.05) is 39.5 Å². The van der Waals surface area contributed by atoms with Crippen LogP contribution in [0.15, 0.2) is 24.3 Å². The Labute approximate surface area is 150 Å². The van der Waals surface area contributed by atoms with Gasteiger partial charge in [0, 0.05) is 19.6 Å². The van der Waals surface area contributed by atoms with Gasteiger partial charge in [0.2, 0.25) is 0 Å². The molecule has 1 atom stereocenters. The predicted octanol–water partition coefficient (Wildman–Crippen LogP) is 2.13. The molecule has 2 fully saturated rings. The van der Waals surface area contributed by atoms with E-state index in [-0.39, 0.29) is 13.2 Å². The molecule has 2 N–H and O–H groups in total. The van der Waals surface area contributed by atoms with Crippen LogP contribution in [0.5, 0.6) is 5.75 Å². The molecule has 1 heterocycles. The van der Waals surface area contributed by atoms with Crippen LogP contribution in [0, 0.1) is 6.92 Å². The average Bonchev–Trinajstić information content (AvgIpc) is 2.75. The third kappa shape index (κ3) is 5.42. The van der Waals surface area contributed by atoms with Crippen LogP contribution in [0.25, 0.3) is 0 Å². The molecule has 0 amide bonds. The van der Waals surface area contributed by atoms with E-state index in [9.17, 15) is 10.2 Å².